The van der Waals surface area contributed by atoms with Gasteiger partial charge in [-0.15, -0.1) is 0 Å². The fourth-order valence-electron chi connectivity index (χ4n) is 2.35. The van der Waals surface area contributed by atoms with E-state index in [9.17, 15) is 13.2 Å². The Balaban J connectivity index is 1.68. The Morgan fingerprint density at radius 3 is 2.35 bits per heavy atom. The van der Waals surface area contributed by atoms with Gasteiger partial charge in [-0.2, -0.15) is 13.2 Å². The Morgan fingerprint density at radius 2 is 1.75 bits per heavy atom. The van der Waals surface area contributed by atoms with E-state index < -0.39 is 11.7 Å². The number of halogens is 3. The minimum absolute atomic E-state index is 0.587. The first kappa shape index (κ1) is 15.3. The minimum Gasteiger partial charge on any atom is -0.381 e. The molecule has 0 spiro atoms. The highest BCUT2D eigenvalue weighted by Crippen LogP contribution is 2.29. The number of hydrogen-bond acceptors (Lipinski definition) is 2. The van der Waals surface area contributed by atoms with E-state index in [2.05, 4.69) is 5.32 Å². The van der Waals surface area contributed by atoms with Gasteiger partial charge in [0.05, 0.1) is 5.56 Å². The van der Waals surface area contributed by atoms with Gasteiger partial charge in [-0.05, 0) is 56.0 Å². The van der Waals surface area contributed by atoms with Crippen LogP contribution in [0.4, 0.5) is 13.2 Å². The Labute approximate surface area is 117 Å². The molecule has 2 nitrogen and oxygen atoms in total. The van der Waals surface area contributed by atoms with Crippen LogP contribution in [0.15, 0.2) is 24.3 Å². The fraction of sp³-hybridized carbons (Fsp3) is 0.600. The molecule has 1 aliphatic rings. The lowest BCUT2D eigenvalue weighted by molar-refractivity contribution is -0.137. The minimum atomic E-state index is -4.25. The lowest BCUT2D eigenvalue weighted by Crippen LogP contribution is -2.29. The molecule has 0 amide bonds. The predicted octanol–water partition coefficient (Wildman–Crippen LogP) is 3.26. The second kappa shape index (κ2) is 7.09. The molecule has 20 heavy (non-hydrogen) atoms. The average Bonchev–Trinajstić information content (AvgIpc) is 2.44. The van der Waals surface area contributed by atoms with Gasteiger partial charge in [0.1, 0.15) is 0 Å². The van der Waals surface area contributed by atoms with E-state index in [1.54, 1.807) is 12.1 Å². The summed E-state index contributed by atoms with van der Waals surface area (Å²) in [6.07, 6.45) is -1.32. The Morgan fingerprint density at radius 1 is 1.10 bits per heavy atom. The maximum Gasteiger partial charge on any atom is 0.416 e. The number of rotatable bonds is 5. The number of alkyl halides is 3. The predicted molar refractivity (Wildman–Crippen MR) is 71.6 cm³/mol. The Bertz CT molecular complexity index is 397. The molecule has 0 aromatic heterocycles. The normalized spacial score (nSPS) is 17.4. The van der Waals surface area contributed by atoms with Gasteiger partial charge in [-0.3, -0.25) is 0 Å². The molecule has 1 aromatic carbocycles. The molecular weight excluding hydrogens is 267 g/mol. The van der Waals surface area contributed by atoms with Crippen LogP contribution in [0, 0.1) is 5.92 Å². The molecule has 0 saturated carbocycles. The summed E-state index contributed by atoms with van der Waals surface area (Å²) < 4.78 is 42.5. The third kappa shape index (κ3) is 4.80. The fourth-order valence-corrected chi connectivity index (χ4v) is 2.35. The molecule has 0 atom stereocenters. The van der Waals surface area contributed by atoms with Crippen molar-refractivity contribution in [3.05, 3.63) is 35.4 Å². The van der Waals surface area contributed by atoms with Gasteiger partial charge >= 0.3 is 6.18 Å². The van der Waals surface area contributed by atoms with Crippen molar-refractivity contribution < 1.29 is 17.9 Å². The summed E-state index contributed by atoms with van der Waals surface area (Å²) in [5.74, 6) is 0.663. The number of benzene rings is 1. The van der Waals surface area contributed by atoms with Crippen LogP contribution in [0.2, 0.25) is 0 Å². The highest BCUT2D eigenvalue weighted by molar-refractivity contribution is 5.24. The third-order valence-corrected chi connectivity index (χ3v) is 3.65. The average molecular weight is 287 g/mol. The first-order valence-electron chi connectivity index (χ1n) is 7.00. The van der Waals surface area contributed by atoms with Gasteiger partial charge in [0, 0.05) is 13.2 Å². The number of hydrogen-bond donors (Lipinski definition) is 1. The highest BCUT2D eigenvalue weighted by atomic mass is 19.4. The summed E-state index contributed by atoms with van der Waals surface area (Å²) in [5.41, 5.74) is 0.342. The van der Waals surface area contributed by atoms with Crippen LogP contribution in [-0.2, 0) is 17.3 Å². The van der Waals surface area contributed by atoms with Crippen molar-refractivity contribution in [3.63, 3.8) is 0 Å². The zero-order chi connectivity index (χ0) is 14.4. The molecule has 0 unspecified atom stereocenters. The van der Waals surface area contributed by atoms with E-state index in [0.717, 1.165) is 63.3 Å². The van der Waals surface area contributed by atoms with E-state index in [4.69, 9.17) is 4.74 Å². The van der Waals surface area contributed by atoms with Crippen LogP contribution in [0.1, 0.15) is 24.0 Å². The molecule has 1 aliphatic heterocycles. The standard InChI is InChI=1S/C15H20F3NO/c16-15(17,18)14-3-1-12(2-4-14)5-8-19-11-13-6-9-20-10-7-13/h1-4,13,19H,5-11H2. The Kier molecular flexibility index (Phi) is 5.43. The van der Waals surface area contributed by atoms with Crippen LogP contribution in [0.5, 0.6) is 0 Å². The van der Waals surface area contributed by atoms with E-state index in [0.29, 0.717) is 5.92 Å². The summed E-state index contributed by atoms with van der Waals surface area (Å²) in [6, 6.07) is 5.40. The van der Waals surface area contributed by atoms with Gasteiger partial charge in [0.2, 0.25) is 0 Å². The first-order chi connectivity index (χ1) is 9.55. The summed E-state index contributed by atoms with van der Waals surface area (Å²) in [5, 5.41) is 3.37. The van der Waals surface area contributed by atoms with Crippen molar-refractivity contribution in [1.29, 1.82) is 0 Å². The molecule has 1 heterocycles. The summed E-state index contributed by atoms with van der Waals surface area (Å²) in [7, 11) is 0. The molecule has 1 fully saturated rings. The van der Waals surface area contributed by atoms with Crippen molar-refractivity contribution in [1.82, 2.24) is 5.32 Å². The third-order valence-electron chi connectivity index (χ3n) is 3.65. The summed E-state index contributed by atoms with van der Waals surface area (Å²) in [6.45, 7) is 3.43. The maximum absolute atomic E-state index is 12.4. The van der Waals surface area contributed by atoms with Crippen molar-refractivity contribution in [2.24, 2.45) is 5.92 Å². The monoisotopic (exact) mass is 287 g/mol. The summed E-state index contributed by atoms with van der Waals surface area (Å²) >= 11 is 0. The first-order valence-corrected chi connectivity index (χ1v) is 7.00. The van der Waals surface area contributed by atoms with Crippen molar-refractivity contribution in [2.75, 3.05) is 26.3 Å². The molecule has 1 N–H and O–H groups in total. The highest BCUT2D eigenvalue weighted by Gasteiger charge is 2.29. The van der Waals surface area contributed by atoms with Crippen LogP contribution in [0.25, 0.3) is 0 Å². The van der Waals surface area contributed by atoms with E-state index >= 15 is 0 Å². The molecule has 5 heteroatoms. The molecule has 0 radical (unpaired) electrons. The second-order valence-corrected chi connectivity index (χ2v) is 5.20. The SMILES string of the molecule is FC(F)(F)c1ccc(CCNCC2CCOCC2)cc1. The zero-order valence-corrected chi connectivity index (χ0v) is 11.4. The smallest absolute Gasteiger partial charge is 0.381 e. The van der Waals surface area contributed by atoms with Crippen LogP contribution in [-0.4, -0.2) is 26.3 Å². The van der Waals surface area contributed by atoms with Crippen LogP contribution >= 0.6 is 0 Å². The lowest BCUT2D eigenvalue weighted by atomic mass is 10.0. The molecule has 1 aromatic rings. The maximum atomic E-state index is 12.4. The molecule has 0 bridgehead atoms. The molecule has 1 saturated heterocycles. The van der Waals surface area contributed by atoms with Crippen molar-refractivity contribution >= 4 is 0 Å². The lowest BCUT2D eigenvalue weighted by Gasteiger charge is -2.22. The second-order valence-electron chi connectivity index (χ2n) is 5.20. The molecule has 112 valence electrons. The van der Waals surface area contributed by atoms with Gasteiger partial charge in [0.25, 0.3) is 0 Å². The van der Waals surface area contributed by atoms with Crippen molar-refractivity contribution in [3.8, 4) is 0 Å². The Hall–Kier alpha value is -1.07. The van der Waals surface area contributed by atoms with Gasteiger partial charge in [-0.25, -0.2) is 0 Å². The van der Waals surface area contributed by atoms with Crippen LogP contribution in [0.3, 0.4) is 0 Å². The van der Waals surface area contributed by atoms with Gasteiger partial charge in [-0.1, -0.05) is 12.1 Å². The number of nitrogens with one attached hydrogen (secondary N) is 1. The molecule has 2 rings (SSSR count). The number of ether oxygens (including phenoxy) is 1. The van der Waals surface area contributed by atoms with Gasteiger partial charge < -0.3 is 10.1 Å². The molecular formula is C15H20F3NO. The van der Waals surface area contributed by atoms with Crippen LogP contribution < -0.4 is 5.32 Å². The quantitative estimate of drug-likeness (QED) is 0.839. The summed E-state index contributed by atoms with van der Waals surface area (Å²) in [4.78, 5) is 0. The van der Waals surface area contributed by atoms with Gasteiger partial charge in [0.15, 0.2) is 0 Å². The van der Waals surface area contributed by atoms with Crippen molar-refractivity contribution in [2.45, 2.75) is 25.4 Å². The van der Waals surface area contributed by atoms with E-state index in [-0.39, 0.29) is 0 Å². The van der Waals surface area contributed by atoms with E-state index in [1.165, 1.54) is 0 Å². The van der Waals surface area contributed by atoms with E-state index in [1.807, 2.05) is 0 Å². The topological polar surface area (TPSA) is 21.3 Å². The molecule has 0 aliphatic carbocycles. The largest absolute Gasteiger partial charge is 0.416 e. The zero-order valence-electron chi connectivity index (χ0n) is 11.4.